The van der Waals surface area contributed by atoms with Gasteiger partial charge < -0.3 is 0 Å². The van der Waals surface area contributed by atoms with Crippen molar-refractivity contribution < 1.29 is 0 Å². The lowest BCUT2D eigenvalue weighted by Gasteiger charge is -2.69. The van der Waals surface area contributed by atoms with Crippen LogP contribution in [-0.2, 0) is 0 Å². The van der Waals surface area contributed by atoms with E-state index in [1.54, 1.807) is 0 Å². The molecule has 1 aliphatic heterocycles. The van der Waals surface area contributed by atoms with Gasteiger partial charge in [0.2, 0.25) is 0 Å². The molecule has 0 bridgehead atoms. The van der Waals surface area contributed by atoms with Crippen molar-refractivity contribution in [2.75, 3.05) is 0 Å². The zero-order valence-electron chi connectivity index (χ0n) is 15.8. The molecule has 20 heavy (non-hydrogen) atoms. The molecule has 1 rings (SSSR count). The molecule has 0 aromatic heterocycles. The van der Waals surface area contributed by atoms with Crippen molar-refractivity contribution in [2.24, 2.45) is 0 Å². The molecule has 1 aliphatic rings. The fourth-order valence-electron chi connectivity index (χ4n) is 2.56. The Morgan fingerprint density at radius 2 is 0.750 bits per heavy atom. The first-order valence-corrected chi connectivity index (χ1v) is 20.2. The molecule has 2 atom stereocenters. The smallest absolute Gasteiger partial charge is 0.0650 e. The van der Waals surface area contributed by atoms with E-state index in [4.69, 9.17) is 0 Å². The van der Waals surface area contributed by atoms with Crippen molar-refractivity contribution in [1.82, 2.24) is 0 Å². The molecule has 0 aromatic carbocycles. The first-order valence-electron chi connectivity index (χ1n) is 7.69. The van der Waals surface area contributed by atoms with Gasteiger partial charge >= 0.3 is 0 Å². The minimum Gasteiger partial charge on any atom is -0.0650 e. The topological polar surface area (TPSA) is 0 Å². The van der Waals surface area contributed by atoms with Crippen LogP contribution in [0.1, 0.15) is 62.3 Å². The van der Waals surface area contributed by atoms with Crippen LogP contribution in [-0.4, -0.2) is 23.2 Å². The van der Waals surface area contributed by atoms with E-state index < -0.39 is 7.74 Å². The minimum absolute atomic E-state index is 0.248. The Labute approximate surface area is 134 Å². The summed E-state index contributed by atoms with van der Waals surface area (Å²) >= 11 is 0. The summed E-state index contributed by atoms with van der Waals surface area (Å²) in [6.07, 6.45) is 0. The molecule has 0 nitrogen and oxygen atoms in total. The van der Waals surface area contributed by atoms with Gasteiger partial charge in [-0.2, -0.15) is 0 Å². The maximum Gasteiger partial charge on any atom is 0.0833 e. The fourth-order valence-corrected chi connectivity index (χ4v) is 92.6. The SMILES string of the molecule is CC(C)(C)P1P(C(C)(C)C)P([Si](C)(C)C)P1C(C)(C)C. The molecule has 0 radical (unpaired) electrons. The Morgan fingerprint density at radius 1 is 0.500 bits per heavy atom. The van der Waals surface area contributed by atoms with Gasteiger partial charge in [-0.05, 0) is 37.4 Å². The molecule has 1 fully saturated rings. The number of hydrogen-bond donors (Lipinski definition) is 0. The highest BCUT2D eigenvalue weighted by Crippen LogP contribution is 3.26. The summed E-state index contributed by atoms with van der Waals surface area (Å²) in [6.45, 7) is 31.2. The Hall–Kier alpha value is 1.94. The molecule has 2 unspecified atom stereocenters. The van der Waals surface area contributed by atoms with Crippen LogP contribution in [0.2, 0.25) is 19.6 Å². The molecule has 120 valence electrons. The van der Waals surface area contributed by atoms with E-state index in [1.165, 1.54) is 0 Å². The van der Waals surface area contributed by atoms with E-state index in [0.29, 0.717) is 22.3 Å². The molecule has 1 saturated heterocycles. The highest BCUT2D eigenvalue weighted by molar-refractivity contribution is 9.14. The van der Waals surface area contributed by atoms with Crippen LogP contribution in [0.3, 0.4) is 0 Å². The highest BCUT2D eigenvalue weighted by atomic mass is 33.1. The minimum atomic E-state index is -1.00. The maximum atomic E-state index is 2.66. The molecular weight excluding hydrogens is 332 g/mol. The molecule has 0 spiro atoms. The van der Waals surface area contributed by atoms with Gasteiger partial charge in [-0.3, -0.25) is 0 Å². The van der Waals surface area contributed by atoms with Gasteiger partial charge in [0.15, 0.2) is 0 Å². The van der Waals surface area contributed by atoms with Crippen molar-refractivity contribution >= 4 is 36.5 Å². The van der Waals surface area contributed by atoms with E-state index >= 15 is 0 Å². The van der Waals surface area contributed by atoms with Gasteiger partial charge in [-0.25, -0.2) is 0 Å². The molecule has 1 heterocycles. The first kappa shape index (κ1) is 20.0. The van der Waals surface area contributed by atoms with Crippen molar-refractivity contribution in [1.29, 1.82) is 0 Å². The average Bonchev–Trinajstić information content (AvgIpc) is 1.86. The lowest BCUT2D eigenvalue weighted by Crippen LogP contribution is -2.31. The van der Waals surface area contributed by atoms with Crippen LogP contribution in [0.25, 0.3) is 0 Å². The van der Waals surface area contributed by atoms with Crippen LogP contribution in [0.5, 0.6) is 0 Å². The molecule has 0 N–H and O–H groups in total. The van der Waals surface area contributed by atoms with Crippen molar-refractivity contribution in [3.63, 3.8) is 0 Å². The van der Waals surface area contributed by atoms with Crippen LogP contribution in [0.4, 0.5) is 0 Å². The van der Waals surface area contributed by atoms with Crippen LogP contribution >= 0.6 is 28.7 Å². The summed E-state index contributed by atoms with van der Waals surface area (Å²) < 4.78 is 0. The van der Waals surface area contributed by atoms with E-state index in [9.17, 15) is 0 Å². The van der Waals surface area contributed by atoms with Crippen LogP contribution < -0.4 is 0 Å². The zero-order valence-corrected chi connectivity index (χ0v) is 20.4. The second-order valence-corrected chi connectivity index (χ2v) is 41.5. The third kappa shape index (κ3) is 4.07. The van der Waals surface area contributed by atoms with E-state index in [2.05, 4.69) is 82.0 Å². The summed E-state index contributed by atoms with van der Waals surface area (Å²) in [5.41, 5.74) is 0. The lowest BCUT2D eigenvalue weighted by atomic mass is 10.3. The highest BCUT2D eigenvalue weighted by Gasteiger charge is 2.63. The van der Waals surface area contributed by atoms with E-state index in [0.717, 1.165) is 0 Å². The van der Waals surface area contributed by atoms with Crippen LogP contribution in [0.15, 0.2) is 0 Å². The largest absolute Gasteiger partial charge is 0.0833 e. The molecule has 0 aromatic rings. The Balaban J connectivity index is 3.33. The second-order valence-electron chi connectivity index (χ2n) is 9.84. The molecular formula is C15H36P4Si. The third-order valence-corrected chi connectivity index (χ3v) is 63.4. The van der Waals surface area contributed by atoms with Gasteiger partial charge in [0, 0.05) is 0 Å². The summed E-state index contributed by atoms with van der Waals surface area (Å²) in [7, 11) is -0.204. The predicted octanol–water partition coefficient (Wildman–Crippen LogP) is 8.82. The van der Waals surface area contributed by atoms with Crippen LogP contribution in [0, 0.1) is 0 Å². The lowest BCUT2D eigenvalue weighted by molar-refractivity contribution is 0.776. The van der Waals surface area contributed by atoms with Crippen molar-refractivity contribution in [3.8, 4) is 0 Å². The standard InChI is InChI=1S/C15H36P4Si/c1-13(2,3)16-17(14(4,5)6)19(20(10,11)12)18(16)15(7,8)9/h1-12H3. The van der Waals surface area contributed by atoms with E-state index in [1.807, 2.05) is 0 Å². The predicted molar refractivity (Wildman–Crippen MR) is 110 cm³/mol. The molecule has 0 amide bonds. The van der Waals surface area contributed by atoms with Gasteiger partial charge in [-0.15, -0.1) is 0 Å². The average molecular weight is 368 g/mol. The fraction of sp³-hybridized carbons (Fsp3) is 1.00. The monoisotopic (exact) mass is 368 g/mol. The normalized spacial score (nSPS) is 33.0. The summed E-state index contributed by atoms with van der Waals surface area (Å²) in [5, 5.41) is 1.71. The Kier molecular flexibility index (Phi) is 5.78. The Morgan fingerprint density at radius 3 is 0.900 bits per heavy atom. The molecule has 0 aliphatic carbocycles. The van der Waals surface area contributed by atoms with Gasteiger partial charge in [-0.1, -0.05) is 88.8 Å². The molecule has 5 heteroatoms. The third-order valence-electron chi connectivity index (χ3n) is 3.12. The second kappa shape index (κ2) is 5.78. The number of hydrogen-bond acceptors (Lipinski definition) is 0. The van der Waals surface area contributed by atoms with E-state index in [-0.39, 0.29) is 21.9 Å². The van der Waals surface area contributed by atoms with Crippen molar-refractivity contribution in [2.45, 2.75) is 97.4 Å². The summed E-state index contributed by atoms with van der Waals surface area (Å²) in [6, 6.07) is 0. The Bertz CT molecular complexity index is 274. The summed E-state index contributed by atoms with van der Waals surface area (Å²) in [5.74, 6) is 0. The molecule has 0 saturated carbocycles. The van der Waals surface area contributed by atoms with Gasteiger partial charge in [0.05, 0.1) is 7.74 Å². The summed E-state index contributed by atoms with van der Waals surface area (Å²) in [4.78, 5) is 0. The first-order chi connectivity index (χ1) is 8.49. The maximum absolute atomic E-state index is 2.66. The van der Waals surface area contributed by atoms with Crippen molar-refractivity contribution in [3.05, 3.63) is 0 Å². The number of rotatable bonds is 1. The quantitative estimate of drug-likeness (QED) is 0.320. The van der Waals surface area contributed by atoms with Gasteiger partial charge in [0.25, 0.3) is 0 Å². The zero-order chi connectivity index (χ0) is 16.3. The van der Waals surface area contributed by atoms with Gasteiger partial charge in [0.1, 0.15) is 0 Å².